The van der Waals surface area contributed by atoms with Crippen LogP contribution in [-0.2, 0) is 12.5 Å². The maximum atomic E-state index is 2.39. The summed E-state index contributed by atoms with van der Waals surface area (Å²) in [5.41, 5.74) is 1.71. The third kappa shape index (κ3) is 1.98. The molecule has 2 heteroatoms. The Labute approximate surface area is 81.9 Å². The van der Waals surface area contributed by atoms with E-state index in [2.05, 4.69) is 67.4 Å². The fraction of sp³-hybridized carbons (Fsp3) is 0.556. The Hall–Kier alpha value is 0.01000. The van der Waals surface area contributed by atoms with E-state index in [1.807, 2.05) is 0 Å². The Morgan fingerprint density at radius 2 is 1.82 bits per heavy atom. The first-order valence-corrected chi connectivity index (χ1v) is 4.81. The van der Waals surface area contributed by atoms with Crippen molar-refractivity contribution in [2.75, 3.05) is 0 Å². The van der Waals surface area contributed by atoms with Gasteiger partial charge in [-0.25, -0.2) is 0 Å². The minimum Gasteiger partial charge on any atom is -0.356 e. The SMILES string of the molecule is Cn1cc(I)c(C(C)(C)C)c1. The van der Waals surface area contributed by atoms with E-state index in [1.165, 1.54) is 9.13 Å². The molecule has 0 unspecified atom stereocenters. The molecule has 1 nitrogen and oxygen atoms in total. The van der Waals surface area contributed by atoms with Crippen molar-refractivity contribution in [2.45, 2.75) is 26.2 Å². The first kappa shape index (κ1) is 9.10. The predicted molar refractivity (Wildman–Crippen MR) is 56.8 cm³/mol. The molecule has 0 aromatic carbocycles. The lowest BCUT2D eigenvalue weighted by atomic mass is 9.89. The molecule has 0 aliphatic rings. The van der Waals surface area contributed by atoms with Gasteiger partial charge in [-0.3, -0.25) is 0 Å². The number of hydrogen-bond donors (Lipinski definition) is 0. The molecule has 1 aromatic rings. The van der Waals surface area contributed by atoms with Crippen molar-refractivity contribution < 1.29 is 0 Å². The molecule has 0 amide bonds. The van der Waals surface area contributed by atoms with Crippen LogP contribution in [0.1, 0.15) is 26.3 Å². The van der Waals surface area contributed by atoms with E-state index in [0.717, 1.165) is 0 Å². The minimum absolute atomic E-state index is 0.276. The molecule has 1 rings (SSSR count). The lowest BCUT2D eigenvalue weighted by Crippen LogP contribution is -2.11. The van der Waals surface area contributed by atoms with E-state index >= 15 is 0 Å². The van der Waals surface area contributed by atoms with Gasteiger partial charge in [0.05, 0.1) is 0 Å². The van der Waals surface area contributed by atoms with Crippen LogP contribution in [0.25, 0.3) is 0 Å². The van der Waals surface area contributed by atoms with Gasteiger partial charge in [-0.1, -0.05) is 20.8 Å². The van der Waals surface area contributed by atoms with Crippen LogP contribution >= 0.6 is 22.6 Å². The van der Waals surface area contributed by atoms with Gasteiger partial charge in [-0.2, -0.15) is 0 Å². The first-order chi connectivity index (χ1) is 4.91. The van der Waals surface area contributed by atoms with Gasteiger partial charge in [0.2, 0.25) is 0 Å². The molecule has 0 fully saturated rings. The van der Waals surface area contributed by atoms with Crippen LogP contribution in [0.3, 0.4) is 0 Å². The average molecular weight is 263 g/mol. The van der Waals surface area contributed by atoms with Gasteiger partial charge in [0.25, 0.3) is 0 Å². The van der Waals surface area contributed by atoms with Crippen molar-refractivity contribution in [3.63, 3.8) is 0 Å². The van der Waals surface area contributed by atoms with E-state index in [9.17, 15) is 0 Å². The number of aryl methyl sites for hydroxylation is 1. The zero-order valence-electron chi connectivity index (χ0n) is 7.48. The Bertz CT molecular complexity index is 255. The van der Waals surface area contributed by atoms with Gasteiger partial charge in [-0.15, -0.1) is 0 Å². The van der Waals surface area contributed by atoms with Gasteiger partial charge in [0, 0.05) is 23.0 Å². The lowest BCUT2D eigenvalue weighted by Gasteiger charge is -2.17. The van der Waals surface area contributed by atoms with E-state index in [1.54, 1.807) is 0 Å². The molecule has 62 valence electrons. The Kier molecular flexibility index (Phi) is 2.32. The fourth-order valence-corrected chi connectivity index (χ4v) is 2.49. The van der Waals surface area contributed by atoms with Crippen molar-refractivity contribution in [2.24, 2.45) is 7.05 Å². The zero-order valence-corrected chi connectivity index (χ0v) is 9.64. The molecule has 1 heterocycles. The molecule has 0 bridgehead atoms. The maximum Gasteiger partial charge on any atom is 0.0344 e. The second kappa shape index (κ2) is 2.81. The Balaban J connectivity index is 3.13. The van der Waals surface area contributed by atoms with E-state index in [-0.39, 0.29) is 5.41 Å². The topological polar surface area (TPSA) is 4.93 Å². The molecule has 11 heavy (non-hydrogen) atoms. The van der Waals surface area contributed by atoms with Crippen molar-refractivity contribution >= 4 is 22.6 Å². The summed E-state index contributed by atoms with van der Waals surface area (Å²) in [4.78, 5) is 0. The molecular weight excluding hydrogens is 249 g/mol. The summed E-state index contributed by atoms with van der Waals surface area (Å²) in [6.45, 7) is 6.72. The van der Waals surface area contributed by atoms with Crippen molar-refractivity contribution in [3.8, 4) is 0 Å². The van der Waals surface area contributed by atoms with Crippen LogP contribution in [0.15, 0.2) is 12.4 Å². The van der Waals surface area contributed by atoms with Gasteiger partial charge in [-0.05, 0) is 33.6 Å². The molecule has 0 atom stereocenters. The largest absolute Gasteiger partial charge is 0.356 e. The van der Waals surface area contributed by atoms with Crippen LogP contribution in [0.5, 0.6) is 0 Å². The number of aromatic nitrogens is 1. The van der Waals surface area contributed by atoms with Crippen LogP contribution in [0, 0.1) is 3.57 Å². The summed E-state index contributed by atoms with van der Waals surface area (Å²) < 4.78 is 3.47. The van der Waals surface area contributed by atoms with Gasteiger partial charge < -0.3 is 4.57 Å². The Morgan fingerprint density at radius 1 is 1.27 bits per heavy atom. The summed E-state index contributed by atoms with van der Waals surface area (Å²) in [5.74, 6) is 0. The molecule has 0 spiro atoms. The summed E-state index contributed by atoms with van der Waals surface area (Å²) in [7, 11) is 2.07. The van der Waals surface area contributed by atoms with Gasteiger partial charge in [0.15, 0.2) is 0 Å². The summed E-state index contributed by atoms with van der Waals surface area (Å²) in [6, 6.07) is 0. The number of rotatable bonds is 0. The van der Waals surface area contributed by atoms with Crippen LogP contribution in [-0.4, -0.2) is 4.57 Å². The smallest absolute Gasteiger partial charge is 0.0344 e. The highest BCUT2D eigenvalue weighted by Crippen LogP contribution is 2.27. The highest BCUT2D eigenvalue weighted by molar-refractivity contribution is 14.1. The van der Waals surface area contributed by atoms with Crippen molar-refractivity contribution in [1.29, 1.82) is 0 Å². The average Bonchev–Trinajstić information content (AvgIpc) is 2.08. The van der Waals surface area contributed by atoms with E-state index in [0.29, 0.717) is 0 Å². The quantitative estimate of drug-likeness (QED) is 0.634. The Morgan fingerprint density at radius 3 is 2.00 bits per heavy atom. The maximum absolute atomic E-state index is 2.39. The molecule has 0 aliphatic carbocycles. The fourth-order valence-electron chi connectivity index (χ4n) is 1.10. The summed E-state index contributed by atoms with van der Waals surface area (Å²) >= 11 is 2.39. The van der Waals surface area contributed by atoms with Crippen LogP contribution < -0.4 is 0 Å². The molecular formula is C9H14IN. The second-order valence-corrected chi connectivity index (χ2v) is 5.10. The zero-order chi connectivity index (χ0) is 8.65. The third-order valence-corrected chi connectivity index (χ3v) is 2.57. The van der Waals surface area contributed by atoms with Crippen molar-refractivity contribution in [3.05, 3.63) is 21.5 Å². The normalized spacial score (nSPS) is 12.1. The standard InChI is InChI=1S/C9H14IN/c1-9(2,3)7-5-11(4)6-8(7)10/h5-6H,1-4H3. The van der Waals surface area contributed by atoms with E-state index < -0.39 is 0 Å². The number of halogens is 1. The first-order valence-electron chi connectivity index (χ1n) is 3.73. The second-order valence-electron chi connectivity index (χ2n) is 3.94. The monoisotopic (exact) mass is 263 g/mol. The number of nitrogens with zero attached hydrogens (tertiary/aromatic N) is 1. The predicted octanol–water partition coefficient (Wildman–Crippen LogP) is 2.93. The van der Waals surface area contributed by atoms with Crippen molar-refractivity contribution in [1.82, 2.24) is 4.57 Å². The third-order valence-electron chi connectivity index (χ3n) is 1.72. The molecule has 1 aromatic heterocycles. The summed E-state index contributed by atoms with van der Waals surface area (Å²) in [6.07, 6.45) is 4.35. The van der Waals surface area contributed by atoms with E-state index in [4.69, 9.17) is 0 Å². The van der Waals surface area contributed by atoms with Gasteiger partial charge in [0.1, 0.15) is 0 Å². The van der Waals surface area contributed by atoms with Gasteiger partial charge >= 0.3 is 0 Å². The molecule has 0 N–H and O–H groups in total. The molecule has 0 saturated carbocycles. The summed E-state index contributed by atoms with van der Waals surface area (Å²) in [5, 5.41) is 0. The molecule has 0 radical (unpaired) electrons. The molecule has 0 aliphatic heterocycles. The molecule has 0 saturated heterocycles. The van der Waals surface area contributed by atoms with Crippen LogP contribution in [0.2, 0.25) is 0 Å². The minimum atomic E-state index is 0.276. The number of hydrogen-bond acceptors (Lipinski definition) is 0. The highest BCUT2D eigenvalue weighted by Gasteiger charge is 2.17. The highest BCUT2D eigenvalue weighted by atomic mass is 127. The lowest BCUT2D eigenvalue weighted by molar-refractivity contribution is 0.586. The van der Waals surface area contributed by atoms with Crippen LogP contribution in [0.4, 0.5) is 0 Å².